The first kappa shape index (κ1) is 14.7. The Morgan fingerprint density at radius 1 is 1.11 bits per heavy atom. The first-order valence-corrected chi connectivity index (χ1v) is 6.79. The van der Waals surface area contributed by atoms with E-state index < -0.39 is 11.8 Å². The predicted molar refractivity (Wildman–Crippen MR) is 68.2 cm³/mol. The summed E-state index contributed by atoms with van der Waals surface area (Å²) in [6.07, 6.45) is 8.34. The molecule has 1 rings (SSSR count). The molecular formula is C14H22O4. The molecule has 102 valence electrons. The molecular weight excluding hydrogens is 232 g/mol. The number of carbonyl (C=O) groups is 2. The molecule has 0 amide bonds. The number of ketones is 1. The number of aliphatic hydroxyl groups is 1. The summed E-state index contributed by atoms with van der Waals surface area (Å²) in [5.74, 6) is -1.18. The van der Waals surface area contributed by atoms with E-state index in [-0.39, 0.29) is 17.9 Å². The van der Waals surface area contributed by atoms with Crippen LogP contribution in [0.1, 0.15) is 58.3 Å². The highest BCUT2D eigenvalue weighted by atomic mass is 16.5. The van der Waals surface area contributed by atoms with Crippen LogP contribution in [0.2, 0.25) is 0 Å². The summed E-state index contributed by atoms with van der Waals surface area (Å²) in [4.78, 5) is 22.4. The van der Waals surface area contributed by atoms with Crippen LogP contribution in [0, 0.1) is 0 Å². The number of Topliss-reactive ketones (excluding diaryl/α,β-unsaturated/α-hetero) is 1. The van der Waals surface area contributed by atoms with E-state index in [9.17, 15) is 14.7 Å². The average molecular weight is 254 g/mol. The Morgan fingerprint density at radius 2 is 1.72 bits per heavy atom. The van der Waals surface area contributed by atoms with Crippen LogP contribution in [0.3, 0.4) is 0 Å². The molecule has 0 aromatic rings. The van der Waals surface area contributed by atoms with Gasteiger partial charge in [0.2, 0.25) is 5.78 Å². The summed E-state index contributed by atoms with van der Waals surface area (Å²) in [6, 6.07) is 0. The molecule has 0 aliphatic carbocycles. The van der Waals surface area contributed by atoms with Gasteiger partial charge in [-0.15, -0.1) is 0 Å². The summed E-state index contributed by atoms with van der Waals surface area (Å²) in [5, 5.41) is 9.69. The second kappa shape index (κ2) is 7.90. The molecule has 4 heteroatoms. The number of cyclic esters (lactones) is 1. The number of esters is 1. The fourth-order valence-electron chi connectivity index (χ4n) is 2.04. The second-order valence-electron chi connectivity index (χ2n) is 4.69. The monoisotopic (exact) mass is 254 g/mol. The van der Waals surface area contributed by atoms with Gasteiger partial charge in [0.05, 0.1) is 0 Å². The molecule has 1 saturated heterocycles. The van der Waals surface area contributed by atoms with E-state index in [1.807, 2.05) is 0 Å². The molecule has 1 aliphatic rings. The van der Waals surface area contributed by atoms with Crippen molar-refractivity contribution in [3.63, 3.8) is 0 Å². The fourth-order valence-corrected chi connectivity index (χ4v) is 2.04. The minimum atomic E-state index is -0.680. The van der Waals surface area contributed by atoms with E-state index in [0.717, 1.165) is 19.3 Å². The molecule has 1 heterocycles. The quantitative estimate of drug-likeness (QED) is 0.238. The van der Waals surface area contributed by atoms with Crippen LogP contribution in [0.15, 0.2) is 11.3 Å². The number of unbranched alkanes of at least 4 members (excludes halogenated alkanes) is 6. The van der Waals surface area contributed by atoms with Crippen molar-refractivity contribution in [2.24, 2.45) is 0 Å². The molecule has 18 heavy (non-hydrogen) atoms. The Hall–Kier alpha value is -1.32. The zero-order valence-corrected chi connectivity index (χ0v) is 11.0. The lowest BCUT2D eigenvalue weighted by Crippen LogP contribution is -2.05. The fraction of sp³-hybridized carbons (Fsp3) is 0.714. The number of aliphatic hydroxyl groups excluding tert-OH is 1. The van der Waals surface area contributed by atoms with Crippen LogP contribution in [0.5, 0.6) is 0 Å². The van der Waals surface area contributed by atoms with Crippen molar-refractivity contribution in [2.45, 2.75) is 58.3 Å². The molecule has 0 aromatic carbocycles. The summed E-state index contributed by atoms with van der Waals surface area (Å²) in [6.45, 7) is 1.96. The molecule has 0 aromatic heterocycles. The van der Waals surface area contributed by atoms with E-state index in [2.05, 4.69) is 11.7 Å². The second-order valence-corrected chi connectivity index (χ2v) is 4.69. The van der Waals surface area contributed by atoms with Crippen molar-refractivity contribution in [3.05, 3.63) is 11.3 Å². The zero-order valence-electron chi connectivity index (χ0n) is 11.0. The van der Waals surface area contributed by atoms with Crippen molar-refractivity contribution in [1.29, 1.82) is 0 Å². The highest BCUT2D eigenvalue weighted by molar-refractivity contribution is 6.22. The van der Waals surface area contributed by atoms with E-state index in [4.69, 9.17) is 0 Å². The maximum atomic E-state index is 11.3. The first-order chi connectivity index (χ1) is 8.66. The minimum absolute atomic E-state index is 0.101. The highest BCUT2D eigenvalue weighted by Gasteiger charge is 2.31. The predicted octanol–water partition coefficient (Wildman–Crippen LogP) is 3.07. The standard InChI is InChI=1S/C14H22O4/c1-2-3-4-5-6-7-8-9-11(15)13-12(16)10-18-14(13)17/h15H,2-10H2,1H3/b13-11+. The average Bonchev–Trinajstić information content (AvgIpc) is 2.68. The Morgan fingerprint density at radius 3 is 2.28 bits per heavy atom. The lowest BCUT2D eigenvalue weighted by molar-refractivity contribution is -0.135. The van der Waals surface area contributed by atoms with Crippen LogP contribution < -0.4 is 0 Å². The van der Waals surface area contributed by atoms with Crippen molar-refractivity contribution >= 4 is 11.8 Å². The molecule has 1 N–H and O–H groups in total. The number of hydrogen-bond acceptors (Lipinski definition) is 4. The zero-order chi connectivity index (χ0) is 13.4. The van der Waals surface area contributed by atoms with Gasteiger partial charge in [-0.2, -0.15) is 0 Å². The smallest absolute Gasteiger partial charge is 0.345 e. The summed E-state index contributed by atoms with van der Waals surface area (Å²) < 4.78 is 4.56. The van der Waals surface area contributed by atoms with Crippen LogP contribution in [0.4, 0.5) is 0 Å². The van der Waals surface area contributed by atoms with Crippen molar-refractivity contribution in [2.75, 3.05) is 6.61 Å². The molecule has 0 atom stereocenters. The van der Waals surface area contributed by atoms with E-state index in [1.54, 1.807) is 0 Å². The Labute approximate surface area is 108 Å². The SMILES string of the molecule is CCCCCCCCC/C(O)=C1/C(=O)COC1=O. The van der Waals surface area contributed by atoms with Crippen LogP contribution in [-0.4, -0.2) is 23.5 Å². The number of ether oxygens (including phenoxy) is 1. The molecule has 4 nitrogen and oxygen atoms in total. The Balaban J connectivity index is 2.21. The summed E-state index contributed by atoms with van der Waals surface area (Å²) >= 11 is 0. The van der Waals surface area contributed by atoms with Crippen molar-refractivity contribution < 1.29 is 19.4 Å². The van der Waals surface area contributed by atoms with Gasteiger partial charge in [-0.3, -0.25) is 4.79 Å². The summed E-state index contributed by atoms with van der Waals surface area (Å²) in [7, 11) is 0. The molecule has 0 bridgehead atoms. The lowest BCUT2D eigenvalue weighted by Gasteiger charge is -2.02. The normalized spacial score (nSPS) is 18.1. The Bertz CT molecular complexity index is 313. The van der Waals surface area contributed by atoms with Gasteiger partial charge in [0.15, 0.2) is 6.61 Å². The van der Waals surface area contributed by atoms with Crippen molar-refractivity contribution in [3.8, 4) is 0 Å². The Kier molecular flexibility index (Phi) is 6.47. The number of allylic oxidation sites excluding steroid dienone is 1. The molecule has 0 saturated carbocycles. The van der Waals surface area contributed by atoms with Gasteiger partial charge in [0, 0.05) is 6.42 Å². The maximum Gasteiger partial charge on any atom is 0.345 e. The van der Waals surface area contributed by atoms with Gasteiger partial charge in [0.1, 0.15) is 11.3 Å². The highest BCUT2D eigenvalue weighted by Crippen LogP contribution is 2.18. The maximum absolute atomic E-state index is 11.3. The van der Waals surface area contributed by atoms with Crippen LogP contribution in [-0.2, 0) is 14.3 Å². The van der Waals surface area contributed by atoms with Gasteiger partial charge in [0.25, 0.3) is 0 Å². The summed E-state index contributed by atoms with van der Waals surface area (Å²) in [5.41, 5.74) is -0.138. The third-order valence-electron chi connectivity index (χ3n) is 3.12. The van der Waals surface area contributed by atoms with E-state index in [1.165, 1.54) is 25.7 Å². The molecule has 0 radical (unpaired) electrons. The minimum Gasteiger partial charge on any atom is -0.511 e. The van der Waals surface area contributed by atoms with Crippen LogP contribution >= 0.6 is 0 Å². The van der Waals surface area contributed by atoms with Crippen LogP contribution in [0.25, 0.3) is 0 Å². The van der Waals surface area contributed by atoms with Gasteiger partial charge >= 0.3 is 5.97 Å². The molecule has 1 aliphatic heterocycles. The molecule has 1 fully saturated rings. The van der Waals surface area contributed by atoms with Gasteiger partial charge < -0.3 is 9.84 Å². The van der Waals surface area contributed by atoms with Gasteiger partial charge in [-0.25, -0.2) is 4.79 Å². The molecule has 0 spiro atoms. The van der Waals surface area contributed by atoms with Gasteiger partial charge in [-0.05, 0) is 6.42 Å². The third kappa shape index (κ3) is 4.51. The number of carbonyl (C=O) groups excluding carboxylic acids is 2. The first-order valence-electron chi connectivity index (χ1n) is 6.79. The largest absolute Gasteiger partial charge is 0.511 e. The van der Waals surface area contributed by atoms with Gasteiger partial charge in [-0.1, -0.05) is 45.4 Å². The van der Waals surface area contributed by atoms with Crippen molar-refractivity contribution in [1.82, 2.24) is 0 Å². The number of rotatable bonds is 8. The van der Waals surface area contributed by atoms with E-state index in [0.29, 0.717) is 6.42 Å². The van der Waals surface area contributed by atoms with E-state index >= 15 is 0 Å². The lowest BCUT2D eigenvalue weighted by atomic mass is 10.1. The third-order valence-corrected chi connectivity index (χ3v) is 3.12. The topological polar surface area (TPSA) is 63.6 Å². The number of hydrogen-bond donors (Lipinski definition) is 1. The molecule has 0 unspecified atom stereocenters.